The van der Waals surface area contributed by atoms with Crippen LogP contribution in [0, 0.1) is 6.92 Å². The van der Waals surface area contributed by atoms with Crippen LogP contribution in [0.25, 0.3) is 0 Å². The predicted molar refractivity (Wildman–Crippen MR) is 101 cm³/mol. The van der Waals surface area contributed by atoms with Gasteiger partial charge in [-0.05, 0) is 48.4 Å². The van der Waals surface area contributed by atoms with Crippen LogP contribution >= 0.6 is 15.9 Å². The van der Waals surface area contributed by atoms with E-state index in [1.807, 2.05) is 49.4 Å². The molecule has 3 aromatic carbocycles. The van der Waals surface area contributed by atoms with Gasteiger partial charge in [0.1, 0.15) is 18.1 Å². The summed E-state index contributed by atoms with van der Waals surface area (Å²) >= 11 is 3.38. The molecule has 0 aromatic heterocycles. The number of halogens is 1. The van der Waals surface area contributed by atoms with E-state index in [9.17, 15) is 9.90 Å². The number of ketones is 1. The van der Waals surface area contributed by atoms with Crippen LogP contribution in [-0.4, -0.2) is 10.9 Å². The van der Waals surface area contributed by atoms with E-state index in [1.54, 1.807) is 18.2 Å². The largest absolute Gasteiger partial charge is 0.507 e. The second-order valence-electron chi connectivity index (χ2n) is 5.74. The summed E-state index contributed by atoms with van der Waals surface area (Å²) in [5.74, 6) is 0.223. The molecule has 0 aliphatic carbocycles. The van der Waals surface area contributed by atoms with E-state index in [4.69, 9.17) is 4.74 Å². The number of ether oxygens (including phenoxy) is 1. The van der Waals surface area contributed by atoms with Crippen LogP contribution in [0.4, 0.5) is 0 Å². The normalized spacial score (nSPS) is 10.5. The Hall–Kier alpha value is -2.59. The number of aromatic hydroxyl groups is 1. The van der Waals surface area contributed by atoms with Crippen molar-refractivity contribution >= 4 is 21.7 Å². The molecule has 0 unspecified atom stereocenters. The second kappa shape index (κ2) is 7.53. The van der Waals surface area contributed by atoms with E-state index in [-0.39, 0.29) is 17.1 Å². The zero-order valence-electron chi connectivity index (χ0n) is 13.7. The standard InChI is InChI=1S/C21H17BrO3/c1-14-11-16(22)7-9-18(14)21(24)19-10-8-17(12-20(19)23)25-13-15-5-3-2-4-6-15/h2-12,23H,13H2,1H3. The smallest absolute Gasteiger partial charge is 0.197 e. The molecule has 0 radical (unpaired) electrons. The number of carbonyl (C=O) groups is 1. The van der Waals surface area contributed by atoms with E-state index >= 15 is 0 Å². The number of aryl methyl sites for hydroxylation is 1. The Labute approximate surface area is 155 Å². The third-order valence-corrected chi connectivity index (χ3v) is 4.39. The van der Waals surface area contributed by atoms with Crippen LogP contribution in [-0.2, 0) is 6.61 Å². The number of phenolic OH excluding ortho intramolecular Hbond substituents is 1. The molecule has 0 aliphatic heterocycles. The Morgan fingerprint density at radius 3 is 2.40 bits per heavy atom. The predicted octanol–water partition coefficient (Wildman–Crippen LogP) is 5.27. The molecule has 0 amide bonds. The van der Waals surface area contributed by atoms with Gasteiger partial charge in [0.05, 0.1) is 5.56 Å². The molecule has 126 valence electrons. The van der Waals surface area contributed by atoms with Crippen molar-refractivity contribution in [1.82, 2.24) is 0 Å². The first-order chi connectivity index (χ1) is 12.0. The van der Waals surface area contributed by atoms with Crippen LogP contribution in [0.2, 0.25) is 0 Å². The SMILES string of the molecule is Cc1cc(Br)ccc1C(=O)c1ccc(OCc2ccccc2)cc1O. The van der Waals surface area contributed by atoms with Gasteiger partial charge in [-0.15, -0.1) is 0 Å². The van der Waals surface area contributed by atoms with Crippen molar-refractivity contribution < 1.29 is 14.6 Å². The van der Waals surface area contributed by atoms with E-state index in [0.29, 0.717) is 17.9 Å². The molecule has 3 aromatic rings. The van der Waals surface area contributed by atoms with Crippen LogP contribution in [0.5, 0.6) is 11.5 Å². The highest BCUT2D eigenvalue weighted by Gasteiger charge is 2.16. The van der Waals surface area contributed by atoms with E-state index in [0.717, 1.165) is 15.6 Å². The van der Waals surface area contributed by atoms with Crippen molar-refractivity contribution in [3.8, 4) is 11.5 Å². The zero-order valence-corrected chi connectivity index (χ0v) is 15.3. The van der Waals surface area contributed by atoms with Gasteiger partial charge in [0.15, 0.2) is 5.78 Å². The summed E-state index contributed by atoms with van der Waals surface area (Å²) in [6, 6.07) is 20.0. The Morgan fingerprint density at radius 1 is 1.00 bits per heavy atom. The average Bonchev–Trinajstić information content (AvgIpc) is 2.60. The lowest BCUT2D eigenvalue weighted by Crippen LogP contribution is -2.04. The Balaban J connectivity index is 1.78. The van der Waals surface area contributed by atoms with Crippen LogP contribution in [0.1, 0.15) is 27.0 Å². The number of rotatable bonds is 5. The van der Waals surface area contributed by atoms with Crippen LogP contribution in [0.15, 0.2) is 71.2 Å². The van der Waals surface area contributed by atoms with E-state index in [1.165, 1.54) is 6.07 Å². The third-order valence-electron chi connectivity index (χ3n) is 3.90. The first-order valence-corrected chi connectivity index (χ1v) is 8.64. The molecular weight excluding hydrogens is 380 g/mol. The molecule has 0 saturated heterocycles. The van der Waals surface area contributed by atoms with Crippen molar-refractivity contribution in [1.29, 1.82) is 0 Å². The van der Waals surface area contributed by atoms with Gasteiger partial charge < -0.3 is 9.84 Å². The number of phenols is 1. The maximum Gasteiger partial charge on any atom is 0.197 e. The van der Waals surface area contributed by atoms with Gasteiger partial charge in [0.2, 0.25) is 0 Å². The van der Waals surface area contributed by atoms with E-state index in [2.05, 4.69) is 15.9 Å². The Kier molecular flexibility index (Phi) is 5.19. The lowest BCUT2D eigenvalue weighted by Gasteiger charge is -2.10. The fraction of sp³-hybridized carbons (Fsp3) is 0.0952. The molecular formula is C21H17BrO3. The first kappa shape index (κ1) is 17.2. The monoisotopic (exact) mass is 396 g/mol. The fourth-order valence-electron chi connectivity index (χ4n) is 2.56. The lowest BCUT2D eigenvalue weighted by atomic mass is 9.98. The molecule has 3 rings (SSSR count). The molecule has 0 aliphatic rings. The lowest BCUT2D eigenvalue weighted by molar-refractivity contribution is 0.103. The summed E-state index contributed by atoms with van der Waals surface area (Å²) < 4.78 is 6.59. The molecule has 0 atom stereocenters. The van der Waals surface area contributed by atoms with E-state index < -0.39 is 0 Å². The van der Waals surface area contributed by atoms with Crippen molar-refractivity contribution in [3.63, 3.8) is 0 Å². The van der Waals surface area contributed by atoms with Gasteiger partial charge in [-0.3, -0.25) is 4.79 Å². The van der Waals surface area contributed by atoms with Gasteiger partial charge in [-0.2, -0.15) is 0 Å². The molecule has 0 fully saturated rings. The number of carbonyl (C=O) groups excluding carboxylic acids is 1. The van der Waals surface area contributed by atoms with Crippen molar-refractivity contribution in [3.05, 3.63) is 93.5 Å². The molecule has 0 bridgehead atoms. The highest BCUT2D eigenvalue weighted by molar-refractivity contribution is 9.10. The maximum absolute atomic E-state index is 12.7. The minimum Gasteiger partial charge on any atom is -0.507 e. The molecule has 25 heavy (non-hydrogen) atoms. The summed E-state index contributed by atoms with van der Waals surface area (Å²) in [4.78, 5) is 12.7. The molecule has 0 saturated carbocycles. The summed E-state index contributed by atoms with van der Waals surface area (Å²) in [5, 5.41) is 10.3. The number of hydrogen-bond acceptors (Lipinski definition) is 3. The highest BCUT2D eigenvalue weighted by Crippen LogP contribution is 2.28. The second-order valence-corrected chi connectivity index (χ2v) is 6.66. The topological polar surface area (TPSA) is 46.5 Å². The summed E-state index contributed by atoms with van der Waals surface area (Å²) in [5.41, 5.74) is 2.71. The van der Waals surface area contributed by atoms with Crippen molar-refractivity contribution in [2.75, 3.05) is 0 Å². The van der Waals surface area contributed by atoms with Crippen LogP contribution in [0.3, 0.4) is 0 Å². The van der Waals surface area contributed by atoms with Crippen LogP contribution < -0.4 is 4.74 Å². The van der Waals surface area contributed by atoms with Crippen molar-refractivity contribution in [2.24, 2.45) is 0 Å². The Bertz CT molecular complexity index is 904. The zero-order chi connectivity index (χ0) is 17.8. The molecule has 0 spiro atoms. The molecule has 4 heteroatoms. The summed E-state index contributed by atoms with van der Waals surface area (Å²) in [6.07, 6.45) is 0. The maximum atomic E-state index is 12.7. The minimum atomic E-state index is -0.211. The molecule has 3 nitrogen and oxygen atoms in total. The summed E-state index contributed by atoms with van der Waals surface area (Å²) in [7, 11) is 0. The van der Waals surface area contributed by atoms with Gasteiger partial charge in [0, 0.05) is 16.1 Å². The third kappa shape index (κ3) is 4.09. The van der Waals surface area contributed by atoms with Gasteiger partial charge in [0.25, 0.3) is 0 Å². The first-order valence-electron chi connectivity index (χ1n) is 7.85. The number of benzene rings is 3. The van der Waals surface area contributed by atoms with Gasteiger partial charge >= 0.3 is 0 Å². The minimum absolute atomic E-state index is 0.0853. The average molecular weight is 397 g/mol. The molecule has 0 heterocycles. The quantitative estimate of drug-likeness (QED) is 0.597. The van der Waals surface area contributed by atoms with Crippen molar-refractivity contribution in [2.45, 2.75) is 13.5 Å². The Morgan fingerprint density at radius 2 is 1.72 bits per heavy atom. The van der Waals surface area contributed by atoms with Gasteiger partial charge in [-0.25, -0.2) is 0 Å². The summed E-state index contributed by atoms with van der Waals surface area (Å²) in [6.45, 7) is 2.27. The fourth-order valence-corrected chi connectivity index (χ4v) is 3.04. The van der Waals surface area contributed by atoms with Gasteiger partial charge in [-0.1, -0.05) is 46.3 Å². The molecule has 1 N–H and O–H groups in total. The highest BCUT2D eigenvalue weighted by atomic mass is 79.9. The number of hydrogen-bond donors (Lipinski definition) is 1.